The van der Waals surface area contributed by atoms with E-state index in [1.165, 1.54) is 12.1 Å². The van der Waals surface area contributed by atoms with E-state index in [9.17, 15) is 9.90 Å². The fourth-order valence-corrected chi connectivity index (χ4v) is 2.22. The molecule has 3 N–H and O–H groups in total. The average molecular weight is 221 g/mol. The number of phenolic OH excluding ortho intramolecular Hbond substituents is 1. The Labute approximate surface area is 93.9 Å². The highest BCUT2D eigenvalue weighted by Crippen LogP contribution is 2.30. The third-order valence-electron chi connectivity index (χ3n) is 3.04. The number of benzene rings is 1. The second-order valence-corrected chi connectivity index (χ2v) is 4.10. The smallest absolute Gasteiger partial charge is 0.335 e. The Bertz CT molecular complexity index is 397. The van der Waals surface area contributed by atoms with Gasteiger partial charge >= 0.3 is 5.97 Å². The van der Waals surface area contributed by atoms with Crippen LogP contribution in [0.5, 0.6) is 5.75 Å². The molecule has 16 heavy (non-hydrogen) atoms. The third-order valence-corrected chi connectivity index (χ3v) is 3.04. The van der Waals surface area contributed by atoms with E-state index in [0.29, 0.717) is 5.56 Å². The molecule has 1 aliphatic heterocycles. The summed E-state index contributed by atoms with van der Waals surface area (Å²) in [7, 11) is 0. The van der Waals surface area contributed by atoms with Crippen molar-refractivity contribution in [2.75, 3.05) is 13.1 Å². The van der Waals surface area contributed by atoms with Gasteiger partial charge in [-0.15, -0.1) is 0 Å². The SMILES string of the molecule is O=C(O)c1ccc(O)cc1C1CCNCC1. The second kappa shape index (κ2) is 4.53. The Morgan fingerprint density at radius 2 is 2.00 bits per heavy atom. The quantitative estimate of drug-likeness (QED) is 0.708. The van der Waals surface area contributed by atoms with Gasteiger partial charge in [-0.2, -0.15) is 0 Å². The number of carboxylic acid groups (broad SMARTS) is 1. The number of nitrogens with one attached hydrogen (secondary N) is 1. The van der Waals surface area contributed by atoms with E-state index in [1.807, 2.05) is 0 Å². The van der Waals surface area contributed by atoms with E-state index >= 15 is 0 Å². The molecule has 2 rings (SSSR count). The van der Waals surface area contributed by atoms with Crippen molar-refractivity contribution in [1.29, 1.82) is 0 Å². The number of carbonyl (C=O) groups is 1. The summed E-state index contributed by atoms with van der Waals surface area (Å²) in [4.78, 5) is 11.1. The predicted octanol–water partition coefficient (Wildman–Crippen LogP) is 1.56. The summed E-state index contributed by atoms with van der Waals surface area (Å²) in [5.74, 6) is -0.550. The van der Waals surface area contributed by atoms with Gasteiger partial charge in [0.15, 0.2) is 0 Å². The van der Waals surface area contributed by atoms with Crippen LogP contribution < -0.4 is 5.32 Å². The normalized spacial score (nSPS) is 17.2. The maximum Gasteiger partial charge on any atom is 0.335 e. The summed E-state index contributed by atoms with van der Waals surface area (Å²) in [5.41, 5.74) is 1.07. The highest BCUT2D eigenvalue weighted by Gasteiger charge is 2.21. The van der Waals surface area contributed by atoms with Crippen LogP contribution in [0, 0.1) is 0 Å². The zero-order chi connectivity index (χ0) is 11.5. The van der Waals surface area contributed by atoms with Crippen LogP contribution in [-0.4, -0.2) is 29.3 Å². The van der Waals surface area contributed by atoms with Gasteiger partial charge in [0.1, 0.15) is 5.75 Å². The van der Waals surface area contributed by atoms with Crippen LogP contribution in [0.3, 0.4) is 0 Å². The number of carboxylic acids is 1. The van der Waals surface area contributed by atoms with E-state index in [4.69, 9.17) is 5.11 Å². The summed E-state index contributed by atoms with van der Waals surface area (Å²) < 4.78 is 0. The largest absolute Gasteiger partial charge is 0.508 e. The fraction of sp³-hybridized carbons (Fsp3) is 0.417. The number of rotatable bonds is 2. The highest BCUT2D eigenvalue weighted by atomic mass is 16.4. The summed E-state index contributed by atoms with van der Waals surface area (Å²) in [6, 6.07) is 4.49. The number of aromatic carboxylic acids is 1. The van der Waals surface area contributed by atoms with Crippen molar-refractivity contribution < 1.29 is 15.0 Å². The second-order valence-electron chi connectivity index (χ2n) is 4.10. The number of piperidine rings is 1. The molecule has 0 spiro atoms. The van der Waals surface area contributed by atoms with Crippen molar-refractivity contribution in [3.63, 3.8) is 0 Å². The first-order valence-corrected chi connectivity index (χ1v) is 5.45. The van der Waals surface area contributed by atoms with E-state index in [0.717, 1.165) is 31.5 Å². The first-order valence-electron chi connectivity index (χ1n) is 5.45. The zero-order valence-electron chi connectivity index (χ0n) is 8.94. The van der Waals surface area contributed by atoms with E-state index in [1.54, 1.807) is 6.07 Å². The lowest BCUT2D eigenvalue weighted by Crippen LogP contribution is -2.27. The van der Waals surface area contributed by atoms with Gasteiger partial charge in [0.05, 0.1) is 5.56 Å². The highest BCUT2D eigenvalue weighted by molar-refractivity contribution is 5.89. The van der Waals surface area contributed by atoms with Crippen molar-refractivity contribution in [3.05, 3.63) is 29.3 Å². The summed E-state index contributed by atoms with van der Waals surface area (Å²) in [6.45, 7) is 1.80. The maximum absolute atomic E-state index is 11.1. The minimum atomic E-state index is -0.923. The molecular weight excluding hydrogens is 206 g/mol. The lowest BCUT2D eigenvalue weighted by atomic mass is 9.87. The first kappa shape index (κ1) is 11.0. The fourth-order valence-electron chi connectivity index (χ4n) is 2.22. The molecule has 86 valence electrons. The third kappa shape index (κ3) is 2.17. The molecule has 0 bridgehead atoms. The molecule has 0 amide bonds. The monoisotopic (exact) mass is 221 g/mol. The Balaban J connectivity index is 2.36. The lowest BCUT2D eigenvalue weighted by molar-refractivity contribution is 0.0695. The van der Waals surface area contributed by atoms with Gasteiger partial charge in [0.2, 0.25) is 0 Å². The van der Waals surface area contributed by atoms with Gasteiger partial charge in [0.25, 0.3) is 0 Å². The topological polar surface area (TPSA) is 69.6 Å². The zero-order valence-corrected chi connectivity index (χ0v) is 8.94. The number of phenols is 1. The van der Waals surface area contributed by atoms with E-state index in [-0.39, 0.29) is 11.7 Å². The van der Waals surface area contributed by atoms with Gasteiger partial charge in [-0.25, -0.2) is 4.79 Å². The Hall–Kier alpha value is -1.55. The molecule has 0 aliphatic carbocycles. The molecule has 1 aromatic rings. The van der Waals surface area contributed by atoms with Crippen LogP contribution in [0.2, 0.25) is 0 Å². The summed E-state index contributed by atoms with van der Waals surface area (Å²) >= 11 is 0. The van der Waals surface area contributed by atoms with Crippen molar-refractivity contribution in [2.45, 2.75) is 18.8 Å². The van der Waals surface area contributed by atoms with Crippen LogP contribution in [0.1, 0.15) is 34.7 Å². The van der Waals surface area contributed by atoms with E-state index < -0.39 is 5.97 Å². The van der Waals surface area contributed by atoms with Crippen molar-refractivity contribution in [2.24, 2.45) is 0 Å². The van der Waals surface area contributed by atoms with Crippen LogP contribution in [0.4, 0.5) is 0 Å². The minimum Gasteiger partial charge on any atom is -0.508 e. The van der Waals surface area contributed by atoms with Gasteiger partial charge < -0.3 is 15.5 Å². The standard InChI is InChI=1S/C12H15NO3/c14-9-1-2-10(12(15)16)11(7-9)8-3-5-13-6-4-8/h1-2,7-8,13-14H,3-6H2,(H,15,16). The van der Waals surface area contributed by atoms with Crippen molar-refractivity contribution >= 4 is 5.97 Å². The van der Waals surface area contributed by atoms with Gasteiger partial charge in [-0.1, -0.05) is 0 Å². The number of aromatic hydroxyl groups is 1. The molecule has 0 atom stereocenters. The summed E-state index contributed by atoms with van der Waals surface area (Å²) in [5, 5.41) is 21.8. The molecule has 1 heterocycles. The Morgan fingerprint density at radius 1 is 1.31 bits per heavy atom. The van der Waals surface area contributed by atoms with Gasteiger partial charge in [-0.05, 0) is 55.6 Å². The van der Waals surface area contributed by atoms with Crippen molar-refractivity contribution in [1.82, 2.24) is 5.32 Å². The molecule has 0 aromatic heterocycles. The molecule has 1 fully saturated rings. The summed E-state index contributed by atoms with van der Waals surface area (Å²) in [6.07, 6.45) is 1.84. The molecule has 1 saturated heterocycles. The molecule has 4 heteroatoms. The van der Waals surface area contributed by atoms with Gasteiger partial charge in [0, 0.05) is 0 Å². The minimum absolute atomic E-state index is 0.138. The molecule has 1 aromatic carbocycles. The van der Waals surface area contributed by atoms with Crippen LogP contribution >= 0.6 is 0 Å². The average Bonchev–Trinajstić information content (AvgIpc) is 2.29. The number of hydrogen-bond acceptors (Lipinski definition) is 3. The molecule has 0 unspecified atom stereocenters. The predicted molar refractivity (Wildman–Crippen MR) is 59.9 cm³/mol. The Kier molecular flexibility index (Phi) is 3.10. The molecule has 0 radical (unpaired) electrons. The van der Waals surface area contributed by atoms with Crippen LogP contribution in [0.25, 0.3) is 0 Å². The molecule has 1 aliphatic rings. The molecule has 0 saturated carbocycles. The van der Waals surface area contributed by atoms with E-state index in [2.05, 4.69) is 5.32 Å². The van der Waals surface area contributed by atoms with Crippen LogP contribution in [-0.2, 0) is 0 Å². The first-order chi connectivity index (χ1) is 7.68. The molecular formula is C12H15NO3. The van der Waals surface area contributed by atoms with Gasteiger partial charge in [-0.3, -0.25) is 0 Å². The van der Waals surface area contributed by atoms with Crippen molar-refractivity contribution in [3.8, 4) is 5.75 Å². The number of hydrogen-bond donors (Lipinski definition) is 3. The van der Waals surface area contributed by atoms with Crippen LogP contribution in [0.15, 0.2) is 18.2 Å². The Morgan fingerprint density at radius 3 is 2.62 bits per heavy atom. The molecule has 4 nitrogen and oxygen atoms in total. The lowest BCUT2D eigenvalue weighted by Gasteiger charge is -2.24. The maximum atomic E-state index is 11.1.